The number of benzene rings is 1. The van der Waals surface area contributed by atoms with Crippen molar-refractivity contribution >= 4 is 23.2 Å². The third kappa shape index (κ3) is 5.20. The second-order valence-electron chi connectivity index (χ2n) is 3.75. The molecule has 0 saturated carbocycles. The molecule has 0 aliphatic carbocycles. The average Bonchev–Trinajstić information content (AvgIpc) is 2.29. The van der Waals surface area contributed by atoms with Crippen LogP contribution < -0.4 is 10.7 Å². The summed E-state index contributed by atoms with van der Waals surface area (Å²) in [5.74, 6) is -0.946. The number of anilines is 1. The van der Waals surface area contributed by atoms with Crippen molar-refractivity contribution in [1.29, 1.82) is 0 Å². The fourth-order valence-electron chi connectivity index (χ4n) is 1.18. The number of amides is 2. The zero-order valence-corrected chi connectivity index (χ0v) is 10.2. The number of carbonyl (C=O) groups excluding carboxylic acids is 2. The first-order valence-corrected chi connectivity index (χ1v) is 5.32. The molecule has 96 valence electrons. The standard InChI is InChI=1S/C12H14FN3O2/c1-8(15-16-9(2)17)7-12(18)14-11-5-3-10(13)4-6-11/h3-6H,7H2,1-2H3,(H,14,18)(H,16,17)/b15-8+. The van der Waals surface area contributed by atoms with Gasteiger partial charge in [-0.15, -0.1) is 0 Å². The van der Waals surface area contributed by atoms with Gasteiger partial charge in [0.05, 0.1) is 6.42 Å². The topological polar surface area (TPSA) is 70.6 Å². The van der Waals surface area contributed by atoms with Gasteiger partial charge in [0.25, 0.3) is 0 Å². The second kappa shape index (κ2) is 6.48. The molecule has 6 heteroatoms. The van der Waals surface area contributed by atoms with E-state index >= 15 is 0 Å². The van der Waals surface area contributed by atoms with E-state index in [9.17, 15) is 14.0 Å². The molecule has 5 nitrogen and oxygen atoms in total. The second-order valence-corrected chi connectivity index (χ2v) is 3.75. The normalized spacial score (nSPS) is 10.9. The molecule has 0 unspecified atom stereocenters. The number of hydrogen-bond acceptors (Lipinski definition) is 3. The monoisotopic (exact) mass is 251 g/mol. The van der Waals surface area contributed by atoms with Crippen LogP contribution >= 0.6 is 0 Å². The van der Waals surface area contributed by atoms with Crippen molar-refractivity contribution in [3.63, 3.8) is 0 Å². The Morgan fingerprint density at radius 2 is 1.83 bits per heavy atom. The smallest absolute Gasteiger partial charge is 0.236 e. The molecule has 0 aliphatic rings. The molecular formula is C12H14FN3O2. The predicted molar refractivity (Wildman–Crippen MR) is 66.6 cm³/mol. The predicted octanol–water partition coefficient (Wildman–Crippen LogP) is 1.67. The Kier molecular flexibility index (Phi) is 4.98. The molecular weight excluding hydrogens is 237 g/mol. The summed E-state index contributed by atoms with van der Waals surface area (Å²) in [5.41, 5.74) is 3.23. The van der Waals surface area contributed by atoms with Crippen LogP contribution in [0.25, 0.3) is 0 Å². The molecule has 1 aromatic carbocycles. The van der Waals surface area contributed by atoms with Crippen LogP contribution in [0.4, 0.5) is 10.1 Å². The number of nitrogens with one attached hydrogen (secondary N) is 2. The van der Waals surface area contributed by atoms with Gasteiger partial charge in [0, 0.05) is 18.3 Å². The van der Waals surface area contributed by atoms with Crippen molar-refractivity contribution in [2.24, 2.45) is 5.10 Å². The first-order chi connectivity index (χ1) is 8.47. The van der Waals surface area contributed by atoms with Crippen LogP contribution in [0.15, 0.2) is 29.4 Å². The maximum absolute atomic E-state index is 12.6. The van der Waals surface area contributed by atoms with Gasteiger partial charge in [-0.25, -0.2) is 9.82 Å². The largest absolute Gasteiger partial charge is 0.326 e. The zero-order valence-electron chi connectivity index (χ0n) is 10.2. The summed E-state index contributed by atoms with van der Waals surface area (Å²) in [6.07, 6.45) is 0.0532. The van der Waals surface area contributed by atoms with Crippen LogP contribution in [0.1, 0.15) is 20.3 Å². The molecule has 2 amide bonds. The first-order valence-electron chi connectivity index (χ1n) is 5.32. The minimum atomic E-state index is -0.364. The lowest BCUT2D eigenvalue weighted by Crippen LogP contribution is -2.19. The molecule has 1 rings (SSSR count). The minimum absolute atomic E-state index is 0.0532. The molecule has 1 aromatic rings. The van der Waals surface area contributed by atoms with E-state index in [4.69, 9.17) is 0 Å². The van der Waals surface area contributed by atoms with Crippen molar-refractivity contribution in [3.05, 3.63) is 30.1 Å². The maximum atomic E-state index is 12.6. The highest BCUT2D eigenvalue weighted by Gasteiger charge is 2.04. The summed E-state index contributed by atoms with van der Waals surface area (Å²) >= 11 is 0. The highest BCUT2D eigenvalue weighted by Crippen LogP contribution is 2.08. The number of hydrogen-bond donors (Lipinski definition) is 2. The van der Waals surface area contributed by atoms with Crippen LogP contribution in [0.5, 0.6) is 0 Å². The average molecular weight is 251 g/mol. The molecule has 0 atom stereocenters. The summed E-state index contributed by atoms with van der Waals surface area (Å²) in [7, 11) is 0. The van der Waals surface area contributed by atoms with E-state index in [2.05, 4.69) is 15.8 Å². The van der Waals surface area contributed by atoms with E-state index < -0.39 is 0 Å². The van der Waals surface area contributed by atoms with Gasteiger partial charge in [-0.1, -0.05) is 0 Å². The van der Waals surface area contributed by atoms with Crippen LogP contribution in [0.3, 0.4) is 0 Å². The summed E-state index contributed by atoms with van der Waals surface area (Å²) in [4.78, 5) is 22.2. The lowest BCUT2D eigenvalue weighted by molar-refractivity contribution is -0.119. The van der Waals surface area contributed by atoms with Crippen molar-refractivity contribution < 1.29 is 14.0 Å². The Morgan fingerprint density at radius 3 is 2.39 bits per heavy atom. The lowest BCUT2D eigenvalue weighted by atomic mass is 10.2. The van der Waals surface area contributed by atoms with Crippen LogP contribution in [-0.4, -0.2) is 17.5 Å². The Hall–Kier alpha value is -2.24. The molecule has 0 aliphatic heterocycles. The molecule has 2 N–H and O–H groups in total. The van der Waals surface area contributed by atoms with Gasteiger partial charge < -0.3 is 5.32 Å². The maximum Gasteiger partial charge on any atom is 0.236 e. The Labute approximate surface area is 104 Å². The third-order valence-corrected chi connectivity index (χ3v) is 1.95. The summed E-state index contributed by atoms with van der Waals surface area (Å²) in [5, 5.41) is 6.30. The van der Waals surface area contributed by atoms with Gasteiger partial charge in [-0.2, -0.15) is 5.10 Å². The molecule has 0 heterocycles. The summed E-state index contributed by atoms with van der Waals surface area (Å²) in [6, 6.07) is 5.45. The summed E-state index contributed by atoms with van der Waals surface area (Å²) < 4.78 is 12.6. The third-order valence-electron chi connectivity index (χ3n) is 1.95. The number of carbonyl (C=O) groups is 2. The number of rotatable bonds is 4. The zero-order chi connectivity index (χ0) is 13.5. The fraction of sp³-hybridized carbons (Fsp3) is 0.250. The molecule has 0 spiro atoms. The van der Waals surface area contributed by atoms with Crippen molar-refractivity contribution in [2.75, 3.05) is 5.32 Å². The van der Waals surface area contributed by atoms with Crippen LogP contribution in [0, 0.1) is 5.82 Å². The Bertz CT molecular complexity index is 469. The SMILES string of the molecule is CC(=O)N/N=C(\C)CC(=O)Nc1ccc(F)cc1. The first kappa shape index (κ1) is 13.8. The van der Waals surface area contributed by atoms with E-state index in [-0.39, 0.29) is 24.1 Å². The van der Waals surface area contributed by atoms with Gasteiger partial charge >= 0.3 is 0 Å². The summed E-state index contributed by atoms with van der Waals surface area (Å²) in [6.45, 7) is 2.95. The minimum Gasteiger partial charge on any atom is -0.326 e. The lowest BCUT2D eigenvalue weighted by Gasteiger charge is -2.04. The van der Waals surface area contributed by atoms with E-state index in [1.165, 1.54) is 31.2 Å². The molecule has 18 heavy (non-hydrogen) atoms. The van der Waals surface area contributed by atoms with E-state index in [0.717, 1.165) is 0 Å². The Morgan fingerprint density at radius 1 is 1.22 bits per heavy atom. The van der Waals surface area contributed by atoms with Crippen LogP contribution in [-0.2, 0) is 9.59 Å². The molecule has 0 fully saturated rings. The van der Waals surface area contributed by atoms with Gasteiger partial charge in [0.1, 0.15) is 5.82 Å². The molecule has 0 aromatic heterocycles. The molecule has 0 saturated heterocycles. The number of nitrogens with zero attached hydrogens (tertiary/aromatic N) is 1. The van der Waals surface area contributed by atoms with E-state index in [1.807, 2.05) is 0 Å². The highest BCUT2D eigenvalue weighted by molar-refractivity contribution is 6.05. The number of hydrazone groups is 1. The molecule has 0 radical (unpaired) electrons. The van der Waals surface area contributed by atoms with Crippen molar-refractivity contribution in [3.8, 4) is 0 Å². The van der Waals surface area contributed by atoms with E-state index in [1.54, 1.807) is 6.92 Å². The highest BCUT2D eigenvalue weighted by atomic mass is 19.1. The van der Waals surface area contributed by atoms with Crippen LogP contribution in [0.2, 0.25) is 0 Å². The Balaban J connectivity index is 2.49. The quantitative estimate of drug-likeness (QED) is 0.631. The van der Waals surface area contributed by atoms with Gasteiger partial charge in [-0.05, 0) is 31.2 Å². The van der Waals surface area contributed by atoms with Gasteiger partial charge in [0.15, 0.2) is 0 Å². The fourth-order valence-corrected chi connectivity index (χ4v) is 1.18. The molecule has 0 bridgehead atoms. The number of halogens is 1. The van der Waals surface area contributed by atoms with Crippen molar-refractivity contribution in [1.82, 2.24) is 5.43 Å². The van der Waals surface area contributed by atoms with Crippen molar-refractivity contribution in [2.45, 2.75) is 20.3 Å². The van der Waals surface area contributed by atoms with E-state index in [0.29, 0.717) is 11.4 Å². The van der Waals surface area contributed by atoms with Gasteiger partial charge in [0.2, 0.25) is 11.8 Å². The van der Waals surface area contributed by atoms with Gasteiger partial charge in [-0.3, -0.25) is 9.59 Å².